The van der Waals surface area contributed by atoms with Crippen LogP contribution in [0.25, 0.3) is 10.9 Å². The number of benzene rings is 2. The zero-order chi connectivity index (χ0) is 22.5. The maximum atomic E-state index is 12.9. The molecule has 0 aliphatic carbocycles. The number of likely N-dealkylation sites (N-methyl/N-ethyl adjacent to an activating group) is 1. The van der Waals surface area contributed by atoms with Crippen molar-refractivity contribution in [1.82, 2.24) is 14.5 Å². The highest BCUT2D eigenvalue weighted by Gasteiger charge is 2.11. The maximum absolute atomic E-state index is 12.9. The lowest BCUT2D eigenvalue weighted by molar-refractivity contribution is -0.147. The van der Waals surface area contributed by atoms with Gasteiger partial charge < -0.3 is 10.1 Å². The number of ether oxygens (including phenoxy) is 1. The van der Waals surface area contributed by atoms with Crippen molar-refractivity contribution in [2.45, 2.75) is 6.54 Å². The molecule has 2 aromatic carbocycles. The number of carbonyl (C=O) groups excluding carboxylic acids is 2. The number of nitrogens with zero attached hydrogens (tertiary/aromatic N) is 3. The van der Waals surface area contributed by atoms with Gasteiger partial charge in [-0.25, -0.2) is 4.98 Å². The molecule has 0 spiro atoms. The number of nitrogens with one attached hydrogen (secondary N) is 1. The third kappa shape index (κ3) is 6.04. The summed E-state index contributed by atoms with van der Waals surface area (Å²) in [5.41, 5.74) is 1.41. The first-order valence-electron chi connectivity index (χ1n) is 9.26. The molecule has 1 amide bonds. The van der Waals surface area contributed by atoms with E-state index in [4.69, 9.17) is 27.9 Å². The fourth-order valence-corrected chi connectivity index (χ4v) is 3.15. The summed E-state index contributed by atoms with van der Waals surface area (Å²) in [6.45, 7) is -0.0797. The Bertz CT molecular complexity index is 1190. The van der Waals surface area contributed by atoms with Crippen molar-refractivity contribution in [2.24, 2.45) is 0 Å². The summed E-state index contributed by atoms with van der Waals surface area (Å²) in [7, 11) is 3.44. The lowest BCUT2D eigenvalue weighted by Crippen LogP contribution is -2.27. The largest absolute Gasteiger partial charge is 0.455 e. The number of aromatic nitrogens is 2. The van der Waals surface area contributed by atoms with E-state index in [0.717, 1.165) is 5.56 Å². The molecule has 162 valence electrons. The van der Waals surface area contributed by atoms with Crippen LogP contribution in [0.15, 0.2) is 47.5 Å². The van der Waals surface area contributed by atoms with Gasteiger partial charge in [0.2, 0.25) is 0 Å². The molecule has 8 nitrogen and oxygen atoms in total. The number of esters is 1. The molecule has 0 atom stereocenters. The smallest absolute Gasteiger partial charge is 0.320 e. The molecule has 0 radical (unpaired) electrons. The summed E-state index contributed by atoms with van der Waals surface area (Å²) in [5, 5.41) is 3.79. The van der Waals surface area contributed by atoms with Gasteiger partial charge in [0.1, 0.15) is 0 Å². The van der Waals surface area contributed by atoms with Gasteiger partial charge in [0.15, 0.2) is 6.61 Å². The van der Waals surface area contributed by atoms with E-state index >= 15 is 0 Å². The van der Waals surface area contributed by atoms with Crippen LogP contribution in [0.4, 0.5) is 5.69 Å². The highest BCUT2D eigenvalue weighted by Crippen LogP contribution is 2.23. The molecule has 1 N–H and O–H groups in total. The minimum atomic E-state index is -0.508. The fourth-order valence-electron chi connectivity index (χ4n) is 2.83. The molecule has 1 aromatic heterocycles. The second kappa shape index (κ2) is 9.91. The molecule has 0 fully saturated rings. The number of fused-ring (bicyclic) bond motifs is 1. The van der Waals surface area contributed by atoms with Gasteiger partial charge >= 0.3 is 5.97 Å². The van der Waals surface area contributed by atoms with Gasteiger partial charge in [-0.2, -0.15) is 0 Å². The summed E-state index contributed by atoms with van der Waals surface area (Å²) in [4.78, 5) is 42.5. The van der Waals surface area contributed by atoms with Crippen LogP contribution in [0.5, 0.6) is 0 Å². The van der Waals surface area contributed by atoms with E-state index in [9.17, 15) is 14.4 Å². The molecular weight excluding hydrogens is 443 g/mol. The van der Waals surface area contributed by atoms with Crippen LogP contribution in [-0.2, 0) is 20.9 Å². The van der Waals surface area contributed by atoms with Crippen molar-refractivity contribution < 1.29 is 14.3 Å². The quantitative estimate of drug-likeness (QED) is 0.542. The molecule has 0 aliphatic rings. The van der Waals surface area contributed by atoms with Crippen molar-refractivity contribution >= 4 is 51.7 Å². The number of hydrogen-bond donors (Lipinski definition) is 1. The monoisotopic (exact) mass is 462 g/mol. The van der Waals surface area contributed by atoms with E-state index in [2.05, 4.69) is 10.3 Å². The Kier molecular flexibility index (Phi) is 7.27. The number of carbonyl (C=O) groups is 2. The Morgan fingerprint density at radius 2 is 1.90 bits per heavy atom. The number of amides is 1. The highest BCUT2D eigenvalue weighted by molar-refractivity contribution is 6.42. The lowest BCUT2D eigenvalue weighted by Gasteiger charge is -2.11. The molecule has 0 unspecified atom stereocenters. The molecule has 0 saturated heterocycles. The zero-order valence-electron chi connectivity index (χ0n) is 16.9. The van der Waals surface area contributed by atoms with Gasteiger partial charge in [-0.1, -0.05) is 29.3 Å². The Morgan fingerprint density at radius 3 is 2.61 bits per heavy atom. The number of hydrogen-bond acceptors (Lipinski definition) is 6. The number of halogens is 2. The average Bonchev–Trinajstić information content (AvgIpc) is 2.71. The summed E-state index contributed by atoms with van der Waals surface area (Å²) in [6, 6.07) is 9.92. The van der Waals surface area contributed by atoms with E-state index in [1.54, 1.807) is 49.3 Å². The van der Waals surface area contributed by atoms with Crippen molar-refractivity contribution in [3.05, 3.63) is 68.7 Å². The summed E-state index contributed by atoms with van der Waals surface area (Å²) < 4.78 is 6.35. The molecular formula is C21H20Cl2N4O4. The van der Waals surface area contributed by atoms with Gasteiger partial charge in [-0.05, 0) is 50.0 Å². The second-order valence-corrected chi connectivity index (χ2v) is 7.92. The molecule has 0 bridgehead atoms. The Balaban J connectivity index is 1.75. The Hall–Kier alpha value is -2.94. The maximum Gasteiger partial charge on any atom is 0.320 e. The third-order valence-corrected chi connectivity index (χ3v) is 4.99. The second-order valence-electron chi connectivity index (χ2n) is 7.10. The SMILES string of the molecule is CN(C)CC(=O)OCC(=O)Nc1ccc2ncn(Cc3ccc(Cl)c(Cl)c3)c(=O)c2c1. The van der Waals surface area contributed by atoms with Crippen LogP contribution in [-0.4, -0.2) is 53.6 Å². The van der Waals surface area contributed by atoms with Crippen molar-refractivity contribution in [2.75, 3.05) is 32.6 Å². The first-order chi connectivity index (χ1) is 14.7. The zero-order valence-corrected chi connectivity index (χ0v) is 18.4. The van der Waals surface area contributed by atoms with Crippen LogP contribution in [0.3, 0.4) is 0 Å². The van der Waals surface area contributed by atoms with Crippen LogP contribution < -0.4 is 10.9 Å². The predicted molar refractivity (Wildman–Crippen MR) is 120 cm³/mol. The van der Waals surface area contributed by atoms with Crippen LogP contribution in [0.1, 0.15) is 5.56 Å². The minimum Gasteiger partial charge on any atom is -0.455 e. The van der Waals surface area contributed by atoms with E-state index < -0.39 is 18.5 Å². The summed E-state index contributed by atoms with van der Waals surface area (Å²) >= 11 is 12.0. The van der Waals surface area contributed by atoms with E-state index in [-0.39, 0.29) is 18.6 Å². The summed E-state index contributed by atoms with van der Waals surface area (Å²) in [5.74, 6) is -1.01. The lowest BCUT2D eigenvalue weighted by atomic mass is 10.2. The van der Waals surface area contributed by atoms with Gasteiger partial charge in [-0.3, -0.25) is 23.9 Å². The molecule has 3 rings (SSSR count). The first-order valence-corrected chi connectivity index (χ1v) is 10.0. The van der Waals surface area contributed by atoms with Gasteiger partial charge in [-0.15, -0.1) is 0 Å². The van der Waals surface area contributed by atoms with E-state index in [1.807, 2.05) is 0 Å². The van der Waals surface area contributed by atoms with Crippen LogP contribution in [0, 0.1) is 0 Å². The van der Waals surface area contributed by atoms with Crippen molar-refractivity contribution in [3.63, 3.8) is 0 Å². The minimum absolute atomic E-state index is 0.0767. The highest BCUT2D eigenvalue weighted by atomic mass is 35.5. The van der Waals surface area contributed by atoms with E-state index in [0.29, 0.717) is 26.6 Å². The average molecular weight is 463 g/mol. The first kappa shape index (κ1) is 22.7. The molecule has 3 aromatic rings. The molecule has 0 saturated carbocycles. The topological polar surface area (TPSA) is 93.5 Å². The molecule has 10 heteroatoms. The van der Waals surface area contributed by atoms with Crippen molar-refractivity contribution in [1.29, 1.82) is 0 Å². The van der Waals surface area contributed by atoms with Gasteiger partial charge in [0.05, 0.1) is 40.4 Å². The Labute approximate surface area is 188 Å². The van der Waals surface area contributed by atoms with Crippen LogP contribution >= 0.6 is 23.2 Å². The summed E-state index contributed by atoms with van der Waals surface area (Å²) in [6.07, 6.45) is 1.45. The normalized spacial score (nSPS) is 11.0. The Morgan fingerprint density at radius 1 is 1.13 bits per heavy atom. The standard InChI is InChI=1S/C21H20Cl2N4O4/c1-26(2)10-20(29)31-11-19(28)25-14-4-6-18-15(8-14)21(30)27(12-24-18)9-13-3-5-16(22)17(23)7-13/h3-8,12H,9-11H2,1-2H3,(H,25,28). The third-order valence-electron chi connectivity index (χ3n) is 4.25. The van der Waals surface area contributed by atoms with Crippen molar-refractivity contribution in [3.8, 4) is 0 Å². The van der Waals surface area contributed by atoms with E-state index in [1.165, 1.54) is 17.0 Å². The molecule has 1 heterocycles. The number of rotatable bonds is 7. The fraction of sp³-hybridized carbons (Fsp3) is 0.238. The van der Waals surface area contributed by atoms with Gasteiger partial charge in [0, 0.05) is 5.69 Å². The molecule has 31 heavy (non-hydrogen) atoms. The molecule has 0 aliphatic heterocycles. The predicted octanol–water partition coefficient (Wildman–Crippen LogP) is 2.79. The van der Waals surface area contributed by atoms with Gasteiger partial charge in [0.25, 0.3) is 11.5 Å². The number of anilines is 1. The van der Waals surface area contributed by atoms with Crippen LogP contribution in [0.2, 0.25) is 10.0 Å².